The number of benzene rings is 1. The van der Waals surface area contributed by atoms with Crippen LogP contribution in [0.3, 0.4) is 0 Å². The van der Waals surface area contributed by atoms with Gasteiger partial charge < -0.3 is 5.32 Å². The molecule has 0 aliphatic carbocycles. The van der Waals surface area contributed by atoms with E-state index in [1.807, 2.05) is 19.9 Å². The van der Waals surface area contributed by atoms with Crippen molar-refractivity contribution in [1.82, 2.24) is 15.5 Å². The van der Waals surface area contributed by atoms with Gasteiger partial charge in [0.15, 0.2) is 0 Å². The van der Waals surface area contributed by atoms with Crippen LogP contribution in [0, 0.1) is 5.92 Å². The molecule has 132 valence electrons. The molecule has 0 unspecified atom stereocenters. The Bertz CT molecular complexity index is 525. The van der Waals surface area contributed by atoms with Gasteiger partial charge in [0.05, 0.1) is 6.54 Å². The van der Waals surface area contributed by atoms with Crippen LogP contribution in [0.25, 0.3) is 0 Å². The minimum Gasteiger partial charge on any atom is -0.335 e. The maximum Gasteiger partial charge on any atom is 0.321 e. The van der Waals surface area contributed by atoms with E-state index in [1.54, 1.807) is 0 Å². The van der Waals surface area contributed by atoms with Crippen molar-refractivity contribution in [1.29, 1.82) is 0 Å². The Labute approximate surface area is 144 Å². The molecule has 0 bridgehead atoms. The topological polar surface area (TPSA) is 61.4 Å². The van der Waals surface area contributed by atoms with E-state index in [1.165, 1.54) is 5.56 Å². The first-order valence-electron chi connectivity index (χ1n) is 8.93. The van der Waals surface area contributed by atoms with Gasteiger partial charge in [-0.15, -0.1) is 0 Å². The number of amides is 3. The molecule has 2 rings (SSSR count). The maximum absolute atomic E-state index is 12.0. The molecule has 0 spiro atoms. The fourth-order valence-electron chi connectivity index (χ4n) is 3.03. The van der Waals surface area contributed by atoms with Crippen molar-refractivity contribution < 1.29 is 9.59 Å². The third-order valence-electron chi connectivity index (χ3n) is 4.68. The van der Waals surface area contributed by atoms with Crippen molar-refractivity contribution in [2.45, 2.75) is 45.6 Å². The minimum atomic E-state index is -0.395. The molecule has 0 aromatic heterocycles. The Morgan fingerprint density at radius 3 is 2.50 bits per heavy atom. The lowest BCUT2D eigenvalue weighted by Crippen LogP contribution is -2.48. The van der Waals surface area contributed by atoms with Gasteiger partial charge in [0.25, 0.3) is 0 Å². The molecule has 0 saturated carbocycles. The average molecular weight is 331 g/mol. The zero-order valence-corrected chi connectivity index (χ0v) is 14.8. The molecule has 5 heteroatoms. The number of hydrogen-bond acceptors (Lipinski definition) is 3. The second kappa shape index (κ2) is 9.42. The number of likely N-dealkylation sites (tertiary alicyclic amines) is 1. The van der Waals surface area contributed by atoms with Crippen LogP contribution in [0.5, 0.6) is 0 Å². The quantitative estimate of drug-likeness (QED) is 0.842. The second-order valence-electron chi connectivity index (χ2n) is 6.74. The summed E-state index contributed by atoms with van der Waals surface area (Å²) in [5.41, 5.74) is 1.38. The van der Waals surface area contributed by atoms with Gasteiger partial charge in [-0.05, 0) is 57.2 Å². The van der Waals surface area contributed by atoms with Crippen molar-refractivity contribution in [3.05, 3.63) is 35.9 Å². The van der Waals surface area contributed by atoms with E-state index in [-0.39, 0.29) is 11.9 Å². The highest BCUT2D eigenvalue weighted by molar-refractivity contribution is 5.95. The van der Waals surface area contributed by atoms with Crippen molar-refractivity contribution >= 4 is 11.9 Å². The summed E-state index contributed by atoms with van der Waals surface area (Å²) in [6.07, 6.45) is 4.15. The maximum atomic E-state index is 12.0. The summed E-state index contributed by atoms with van der Waals surface area (Å²) in [7, 11) is 0. The first-order chi connectivity index (χ1) is 11.6. The first kappa shape index (κ1) is 18.5. The highest BCUT2D eigenvalue weighted by atomic mass is 16.2. The van der Waals surface area contributed by atoms with Crippen molar-refractivity contribution in [2.75, 3.05) is 19.6 Å². The number of carbonyl (C=O) groups excluding carboxylic acids is 2. The third-order valence-corrected chi connectivity index (χ3v) is 4.68. The second-order valence-corrected chi connectivity index (χ2v) is 6.74. The molecular weight excluding hydrogens is 302 g/mol. The lowest BCUT2D eigenvalue weighted by atomic mass is 9.90. The van der Waals surface area contributed by atoms with E-state index in [9.17, 15) is 9.59 Å². The van der Waals surface area contributed by atoms with Gasteiger partial charge in [-0.2, -0.15) is 0 Å². The molecule has 0 radical (unpaired) electrons. The number of nitrogens with one attached hydrogen (secondary N) is 2. The summed E-state index contributed by atoms with van der Waals surface area (Å²) in [6, 6.07) is 10.2. The van der Waals surface area contributed by atoms with Gasteiger partial charge in [-0.1, -0.05) is 37.3 Å². The Hall–Kier alpha value is -1.88. The predicted molar refractivity (Wildman–Crippen MR) is 95.7 cm³/mol. The molecule has 1 aliphatic heterocycles. The Morgan fingerprint density at radius 2 is 1.88 bits per heavy atom. The molecule has 1 atom stereocenters. The van der Waals surface area contributed by atoms with Gasteiger partial charge in [0.2, 0.25) is 5.91 Å². The summed E-state index contributed by atoms with van der Waals surface area (Å²) in [5.74, 6) is 0.456. The monoisotopic (exact) mass is 331 g/mol. The molecule has 3 amide bonds. The van der Waals surface area contributed by atoms with E-state index in [2.05, 4.69) is 39.8 Å². The van der Waals surface area contributed by atoms with E-state index in [4.69, 9.17) is 0 Å². The SMILES string of the molecule is CC[C@H](C)NC(=O)NC(=O)CN1CCC(Cc2ccccc2)CC1. The summed E-state index contributed by atoms with van der Waals surface area (Å²) in [6.45, 7) is 6.04. The summed E-state index contributed by atoms with van der Waals surface area (Å²) >= 11 is 0. The van der Waals surface area contributed by atoms with E-state index >= 15 is 0 Å². The molecule has 1 aromatic carbocycles. The fraction of sp³-hybridized carbons (Fsp3) is 0.579. The molecule has 5 nitrogen and oxygen atoms in total. The normalized spacial score (nSPS) is 17.2. The lowest BCUT2D eigenvalue weighted by Gasteiger charge is -2.31. The number of rotatable bonds is 6. The Balaban J connectivity index is 1.67. The van der Waals surface area contributed by atoms with Gasteiger partial charge in [-0.3, -0.25) is 15.0 Å². The minimum absolute atomic E-state index is 0.0755. The third kappa shape index (κ3) is 6.32. The van der Waals surface area contributed by atoms with Gasteiger partial charge in [0, 0.05) is 6.04 Å². The molecule has 1 heterocycles. The van der Waals surface area contributed by atoms with Crippen LogP contribution in [0.2, 0.25) is 0 Å². The van der Waals surface area contributed by atoms with Crippen LogP contribution in [-0.4, -0.2) is 42.5 Å². The average Bonchev–Trinajstić information content (AvgIpc) is 2.57. The lowest BCUT2D eigenvalue weighted by molar-refractivity contribution is -0.121. The standard InChI is InChI=1S/C19H29N3O2/c1-3-15(2)20-19(24)21-18(23)14-22-11-9-17(10-12-22)13-16-7-5-4-6-8-16/h4-8,15,17H,3,9-14H2,1-2H3,(H2,20,21,23,24)/t15-/m0/s1. The van der Waals surface area contributed by atoms with Crippen LogP contribution in [0.4, 0.5) is 4.79 Å². The summed E-state index contributed by atoms with van der Waals surface area (Å²) in [4.78, 5) is 25.7. The molecule has 24 heavy (non-hydrogen) atoms. The number of carbonyl (C=O) groups is 2. The number of nitrogens with zero attached hydrogens (tertiary/aromatic N) is 1. The smallest absolute Gasteiger partial charge is 0.321 e. The van der Waals surface area contributed by atoms with Gasteiger partial charge >= 0.3 is 6.03 Å². The van der Waals surface area contributed by atoms with E-state index in [0.29, 0.717) is 12.5 Å². The number of imide groups is 1. The Morgan fingerprint density at radius 1 is 1.21 bits per heavy atom. The van der Waals surface area contributed by atoms with Crippen LogP contribution in [-0.2, 0) is 11.2 Å². The molecule has 1 fully saturated rings. The fourth-order valence-corrected chi connectivity index (χ4v) is 3.03. The van der Waals surface area contributed by atoms with Gasteiger partial charge in [-0.25, -0.2) is 4.79 Å². The predicted octanol–water partition coefficient (Wildman–Crippen LogP) is 2.57. The van der Waals surface area contributed by atoms with E-state index in [0.717, 1.165) is 38.8 Å². The molecule has 1 aromatic rings. The first-order valence-corrected chi connectivity index (χ1v) is 8.93. The van der Waals surface area contributed by atoms with Crippen molar-refractivity contribution in [3.8, 4) is 0 Å². The molecule has 2 N–H and O–H groups in total. The zero-order valence-electron chi connectivity index (χ0n) is 14.8. The van der Waals surface area contributed by atoms with Crippen LogP contribution in [0.1, 0.15) is 38.7 Å². The molecular formula is C19H29N3O2. The highest BCUT2D eigenvalue weighted by Gasteiger charge is 2.21. The summed E-state index contributed by atoms with van der Waals surface area (Å²) < 4.78 is 0. The van der Waals surface area contributed by atoms with Crippen molar-refractivity contribution in [2.24, 2.45) is 5.92 Å². The zero-order chi connectivity index (χ0) is 17.4. The van der Waals surface area contributed by atoms with Gasteiger partial charge in [0.1, 0.15) is 0 Å². The number of hydrogen-bond donors (Lipinski definition) is 2. The Kier molecular flexibility index (Phi) is 7.25. The van der Waals surface area contributed by atoms with Crippen LogP contribution in [0.15, 0.2) is 30.3 Å². The number of piperidine rings is 1. The highest BCUT2D eigenvalue weighted by Crippen LogP contribution is 2.21. The molecule has 1 saturated heterocycles. The van der Waals surface area contributed by atoms with E-state index < -0.39 is 6.03 Å². The number of urea groups is 1. The van der Waals surface area contributed by atoms with Crippen molar-refractivity contribution in [3.63, 3.8) is 0 Å². The van der Waals surface area contributed by atoms with Crippen LogP contribution >= 0.6 is 0 Å². The largest absolute Gasteiger partial charge is 0.335 e. The molecule has 1 aliphatic rings. The summed E-state index contributed by atoms with van der Waals surface area (Å²) in [5, 5.41) is 5.16. The van der Waals surface area contributed by atoms with Crippen LogP contribution < -0.4 is 10.6 Å².